The molecule has 23 heavy (non-hydrogen) atoms. The van der Waals surface area contributed by atoms with Crippen molar-refractivity contribution in [3.05, 3.63) is 63.1 Å². The summed E-state index contributed by atoms with van der Waals surface area (Å²) in [5.74, 6) is -0.00529. The van der Waals surface area contributed by atoms with Crippen LogP contribution < -0.4 is 10.5 Å². The molecule has 0 fully saturated rings. The molecule has 2 rings (SSSR count). The maximum atomic E-state index is 11.6. The molecule has 0 aliphatic heterocycles. The molecule has 0 amide bonds. The molecule has 0 aliphatic carbocycles. The fraction of sp³-hybridized carbons (Fsp3) is 0.125. The topological polar surface area (TPSA) is 73.9 Å². The fourth-order valence-corrected chi connectivity index (χ4v) is 2.02. The van der Waals surface area contributed by atoms with Crippen molar-refractivity contribution in [2.45, 2.75) is 6.92 Å². The van der Waals surface area contributed by atoms with Gasteiger partial charge < -0.3 is 15.3 Å². The Morgan fingerprint density at radius 2 is 1.96 bits per heavy atom. The maximum Gasteiger partial charge on any atom is 0.372 e. The molecule has 0 saturated carbocycles. The van der Waals surface area contributed by atoms with E-state index in [1.807, 2.05) is 19.1 Å². The van der Waals surface area contributed by atoms with E-state index in [0.29, 0.717) is 16.3 Å². The number of benzene rings is 2. The summed E-state index contributed by atoms with van der Waals surface area (Å²) in [5, 5.41) is 4.16. The van der Waals surface area contributed by atoms with E-state index in [-0.39, 0.29) is 12.4 Å². The van der Waals surface area contributed by atoms with Crippen molar-refractivity contribution in [1.29, 1.82) is 0 Å². The number of amidine groups is 1. The SMILES string of the molecule is Cc1cc(OCC(=O)ON=C(N)c2ccc(Cl)cc2)ccc1Br. The van der Waals surface area contributed by atoms with Crippen molar-refractivity contribution in [1.82, 2.24) is 0 Å². The first-order valence-electron chi connectivity index (χ1n) is 6.64. The molecule has 2 aromatic carbocycles. The molecule has 2 N–H and O–H groups in total. The Morgan fingerprint density at radius 1 is 1.26 bits per heavy atom. The van der Waals surface area contributed by atoms with Crippen molar-refractivity contribution in [3.8, 4) is 5.75 Å². The van der Waals surface area contributed by atoms with E-state index >= 15 is 0 Å². The van der Waals surface area contributed by atoms with Crippen LogP contribution in [-0.2, 0) is 9.63 Å². The largest absolute Gasteiger partial charge is 0.482 e. The minimum absolute atomic E-state index is 0.0782. The lowest BCUT2D eigenvalue weighted by Crippen LogP contribution is -2.17. The Morgan fingerprint density at radius 3 is 2.61 bits per heavy atom. The standard InChI is InChI=1S/C16H14BrClN2O3/c1-10-8-13(6-7-14(10)17)22-9-15(21)23-20-16(19)11-2-4-12(18)5-3-11/h2-8H,9H2,1H3,(H2,19,20). The normalized spacial score (nSPS) is 11.2. The maximum absolute atomic E-state index is 11.6. The third-order valence-corrected chi connectivity index (χ3v) is 4.01. The van der Waals surface area contributed by atoms with Crippen LogP contribution in [0.4, 0.5) is 0 Å². The number of aryl methyl sites for hydroxylation is 1. The number of carbonyl (C=O) groups excluding carboxylic acids is 1. The number of carbonyl (C=O) groups is 1. The first kappa shape index (κ1) is 17.3. The zero-order chi connectivity index (χ0) is 16.8. The van der Waals surface area contributed by atoms with Gasteiger partial charge in [0.15, 0.2) is 12.4 Å². The van der Waals surface area contributed by atoms with Gasteiger partial charge in [-0.1, -0.05) is 32.7 Å². The second-order valence-corrected chi connectivity index (χ2v) is 5.94. The summed E-state index contributed by atoms with van der Waals surface area (Å²) in [5.41, 5.74) is 7.33. The first-order valence-corrected chi connectivity index (χ1v) is 7.81. The number of nitrogens with two attached hydrogens (primary N) is 1. The molecule has 7 heteroatoms. The predicted octanol–water partition coefficient (Wildman–Crippen LogP) is 3.65. The van der Waals surface area contributed by atoms with E-state index in [1.54, 1.807) is 30.3 Å². The lowest BCUT2D eigenvalue weighted by molar-refractivity contribution is -0.146. The van der Waals surface area contributed by atoms with Gasteiger partial charge in [0.1, 0.15) is 5.75 Å². The highest BCUT2D eigenvalue weighted by molar-refractivity contribution is 9.10. The monoisotopic (exact) mass is 396 g/mol. The van der Waals surface area contributed by atoms with Crippen LogP contribution in [0, 0.1) is 6.92 Å². The molecule has 0 atom stereocenters. The van der Waals surface area contributed by atoms with Crippen LogP contribution >= 0.6 is 27.5 Å². The molecule has 0 bridgehead atoms. The van der Waals surface area contributed by atoms with Gasteiger partial charge in [-0.3, -0.25) is 0 Å². The Kier molecular flexibility index (Phi) is 6.01. The number of nitrogens with zero attached hydrogens (tertiary/aromatic N) is 1. The molecule has 2 aromatic rings. The number of halogens is 2. The van der Waals surface area contributed by atoms with Gasteiger partial charge in [0.25, 0.3) is 0 Å². The average Bonchev–Trinajstić information content (AvgIpc) is 2.54. The Balaban J connectivity index is 1.88. The minimum atomic E-state index is -0.650. The molecule has 0 aromatic heterocycles. The molecule has 5 nitrogen and oxygen atoms in total. The summed E-state index contributed by atoms with van der Waals surface area (Å²) in [7, 11) is 0. The zero-order valence-corrected chi connectivity index (χ0v) is 14.6. The summed E-state index contributed by atoms with van der Waals surface area (Å²) in [6, 6.07) is 12.1. The Hall–Kier alpha value is -2.05. The number of hydrogen-bond donors (Lipinski definition) is 1. The van der Waals surface area contributed by atoms with Gasteiger partial charge in [0.05, 0.1) is 0 Å². The molecule has 0 saturated heterocycles. The minimum Gasteiger partial charge on any atom is -0.482 e. The van der Waals surface area contributed by atoms with E-state index < -0.39 is 5.97 Å². The van der Waals surface area contributed by atoms with Crippen LogP contribution in [0.2, 0.25) is 5.02 Å². The lowest BCUT2D eigenvalue weighted by atomic mass is 10.2. The van der Waals surface area contributed by atoms with E-state index in [2.05, 4.69) is 21.1 Å². The van der Waals surface area contributed by atoms with Crippen molar-refractivity contribution >= 4 is 39.3 Å². The third-order valence-electron chi connectivity index (χ3n) is 2.87. The molecule has 0 aliphatic rings. The molecule has 0 unspecified atom stereocenters. The van der Waals surface area contributed by atoms with Gasteiger partial charge in [-0.05, 0) is 55.0 Å². The van der Waals surface area contributed by atoms with E-state index in [4.69, 9.17) is 26.9 Å². The molecular formula is C16H14BrClN2O3. The highest BCUT2D eigenvalue weighted by atomic mass is 79.9. The van der Waals surface area contributed by atoms with E-state index in [0.717, 1.165) is 10.0 Å². The number of hydrogen-bond acceptors (Lipinski definition) is 4. The van der Waals surface area contributed by atoms with Crippen LogP contribution in [0.15, 0.2) is 52.1 Å². The highest BCUT2D eigenvalue weighted by Crippen LogP contribution is 2.21. The quantitative estimate of drug-likeness (QED) is 0.362. The average molecular weight is 398 g/mol. The molecule has 0 heterocycles. The molecular weight excluding hydrogens is 384 g/mol. The van der Waals surface area contributed by atoms with Crippen molar-refractivity contribution in [3.63, 3.8) is 0 Å². The Labute approximate surface area is 147 Å². The molecule has 120 valence electrons. The number of oxime groups is 1. The summed E-state index contributed by atoms with van der Waals surface area (Å²) in [6.07, 6.45) is 0. The van der Waals surface area contributed by atoms with Crippen LogP contribution in [0.3, 0.4) is 0 Å². The zero-order valence-electron chi connectivity index (χ0n) is 12.3. The van der Waals surface area contributed by atoms with Gasteiger partial charge >= 0.3 is 5.97 Å². The van der Waals surface area contributed by atoms with Gasteiger partial charge in [-0.25, -0.2) is 4.79 Å². The summed E-state index contributed by atoms with van der Waals surface area (Å²) in [6.45, 7) is 1.66. The van der Waals surface area contributed by atoms with Gasteiger partial charge in [0.2, 0.25) is 0 Å². The van der Waals surface area contributed by atoms with Crippen molar-refractivity contribution < 1.29 is 14.4 Å². The van der Waals surface area contributed by atoms with E-state index in [1.165, 1.54) is 0 Å². The Bertz CT molecular complexity index is 733. The summed E-state index contributed by atoms with van der Waals surface area (Å²) >= 11 is 9.17. The molecule has 0 spiro atoms. The van der Waals surface area contributed by atoms with Crippen molar-refractivity contribution in [2.75, 3.05) is 6.61 Å². The molecule has 0 radical (unpaired) electrons. The second kappa shape index (κ2) is 7.99. The predicted molar refractivity (Wildman–Crippen MR) is 92.6 cm³/mol. The first-order chi connectivity index (χ1) is 11.0. The van der Waals surface area contributed by atoms with Gasteiger partial charge in [0, 0.05) is 15.1 Å². The summed E-state index contributed by atoms with van der Waals surface area (Å²) in [4.78, 5) is 16.3. The number of ether oxygens (including phenoxy) is 1. The van der Waals surface area contributed by atoms with Crippen molar-refractivity contribution in [2.24, 2.45) is 10.9 Å². The van der Waals surface area contributed by atoms with Crippen LogP contribution in [0.5, 0.6) is 5.75 Å². The lowest BCUT2D eigenvalue weighted by Gasteiger charge is -2.06. The van der Waals surface area contributed by atoms with Crippen LogP contribution in [-0.4, -0.2) is 18.4 Å². The smallest absolute Gasteiger partial charge is 0.372 e. The highest BCUT2D eigenvalue weighted by Gasteiger charge is 2.07. The van der Waals surface area contributed by atoms with Gasteiger partial charge in [-0.2, -0.15) is 0 Å². The third kappa shape index (κ3) is 5.26. The summed E-state index contributed by atoms with van der Waals surface area (Å²) < 4.78 is 6.30. The van der Waals surface area contributed by atoms with Crippen LogP contribution in [0.1, 0.15) is 11.1 Å². The van der Waals surface area contributed by atoms with Gasteiger partial charge in [-0.15, -0.1) is 0 Å². The number of rotatable bonds is 5. The second-order valence-electron chi connectivity index (χ2n) is 4.65. The van der Waals surface area contributed by atoms with Crippen LogP contribution in [0.25, 0.3) is 0 Å². The van der Waals surface area contributed by atoms with E-state index in [9.17, 15) is 4.79 Å². The fourth-order valence-electron chi connectivity index (χ4n) is 1.65.